The zero-order valence-corrected chi connectivity index (χ0v) is 16.8. The van der Waals surface area contributed by atoms with E-state index >= 15 is 0 Å². The Morgan fingerprint density at radius 1 is 1.25 bits per heavy atom. The molecule has 3 aromatic rings. The van der Waals surface area contributed by atoms with Crippen LogP contribution in [-0.2, 0) is 9.84 Å². The Morgan fingerprint density at radius 3 is 2.75 bits per heavy atom. The van der Waals surface area contributed by atoms with Gasteiger partial charge in [-0.05, 0) is 49.1 Å². The van der Waals surface area contributed by atoms with E-state index in [1.165, 1.54) is 6.26 Å². The normalized spacial score (nSPS) is 17.8. The molecule has 8 nitrogen and oxygen atoms in total. The van der Waals surface area contributed by atoms with E-state index in [4.69, 9.17) is 4.74 Å². The zero-order valence-electron chi connectivity index (χ0n) is 15.9. The maximum absolute atomic E-state index is 11.7. The first-order chi connectivity index (χ1) is 13.4. The third-order valence-electron chi connectivity index (χ3n) is 5.03. The molecule has 148 valence electrons. The number of hydrogen-bond acceptors (Lipinski definition) is 7. The van der Waals surface area contributed by atoms with Crippen molar-refractivity contribution in [2.45, 2.75) is 12.8 Å². The number of fused-ring (bicyclic) bond motifs is 1. The standard InChI is InChI=1S/C19H23N5O3S/c1-27-16-7-5-15(6-8-16)17-10-18(19-21-20-13-24(19)22-17)23-9-3-4-14(11-23)12-28(2,25)26/h5-8,10,13-14H,3-4,9,11-12H2,1-2H3. The number of rotatable bonds is 5. The summed E-state index contributed by atoms with van der Waals surface area (Å²) in [5.74, 6) is 1.11. The maximum Gasteiger partial charge on any atom is 0.200 e. The molecule has 1 aromatic carbocycles. The van der Waals surface area contributed by atoms with Gasteiger partial charge in [0.2, 0.25) is 5.65 Å². The van der Waals surface area contributed by atoms with Crippen LogP contribution >= 0.6 is 0 Å². The molecule has 9 heteroatoms. The van der Waals surface area contributed by atoms with Crippen molar-refractivity contribution in [1.82, 2.24) is 19.8 Å². The summed E-state index contributed by atoms with van der Waals surface area (Å²) < 4.78 is 30.4. The summed E-state index contributed by atoms with van der Waals surface area (Å²) in [6, 6.07) is 9.73. The van der Waals surface area contributed by atoms with Crippen LogP contribution in [0.4, 0.5) is 5.69 Å². The van der Waals surface area contributed by atoms with Crippen LogP contribution in [0.15, 0.2) is 36.7 Å². The zero-order chi connectivity index (χ0) is 19.7. The fourth-order valence-electron chi connectivity index (χ4n) is 3.79. The molecule has 0 N–H and O–H groups in total. The first-order valence-electron chi connectivity index (χ1n) is 9.21. The fraction of sp³-hybridized carbons (Fsp3) is 0.421. The number of nitrogens with zero attached hydrogens (tertiary/aromatic N) is 5. The number of hydrogen-bond donors (Lipinski definition) is 0. The second-order valence-electron chi connectivity index (χ2n) is 7.29. The molecule has 4 rings (SSSR count). The third-order valence-corrected chi connectivity index (χ3v) is 6.11. The van der Waals surface area contributed by atoms with Gasteiger partial charge in [-0.25, -0.2) is 8.42 Å². The van der Waals surface area contributed by atoms with Gasteiger partial charge in [0.1, 0.15) is 21.9 Å². The van der Waals surface area contributed by atoms with Gasteiger partial charge in [-0.2, -0.15) is 9.61 Å². The van der Waals surface area contributed by atoms with Gasteiger partial charge >= 0.3 is 0 Å². The molecule has 0 radical (unpaired) electrons. The molecule has 1 atom stereocenters. The predicted octanol–water partition coefficient (Wildman–Crippen LogP) is 2.06. The Balaban J connectivity index is 1.70. The molecule has 0 saturated carbocycles. The van der Waals surface area contributed by atoms with E-state index in [2.05, 4.69) is 20.2 Å². The maximum atomic E-state index is 11.7. The molecule has 0 bridgehead atoms. The summed E-state index contributed by atoms with van der Waals surface area (Å²) in [6.07, 6.45) is 4.75. The van der Waals surface area contributed by atoms with Crippen molar-refractivity contribution >= 4 is 21.2 Å². The number of anilines is 1. The van der Waals surface area contributed by atoms with E-state index in [1.54, 1.807) is 18.0 Å². The van der Waals surface area contributed by atoms with E-state index in [1.807, 2.05) is 30.3 Å². The van der Waals surface area contributed by atoms with Crippen LogP contribution in [0.3, 0.4) is 0 Å². The van der Waals surface area contributed by atoms with Crippen LogP contribution < -0.4 is 9.64 Å². The minimum absolute atomic E-state index is 0.115. The Hall–Kier alpha value is -2.68. The average molecular weight is 401 g/mol. The largest absolute Gasteiger partial charge is 0.497 e. The van der Waals surface area contributed by atoms with Crippen LogP contribution in [0.25, 0.3) is 16.9 Å². The lowest BCUT2D eigenvalue weighted by Gasteiger charge is -2.34. The first-order valence-corrected chi connectivity index (χ1v) is 11.3. The fourth-order valence-corrected chi connectivity index (χ4v) is 4.92. The molecular weight excluding hydrogens is 378 g/mol. The van der Waals surface area contributed by atoms with Gasteiger partial charge in [0, 0.05) is 24.9 Å². The van der Waals surface area contributed by atoms with Gasteiger partial charge in [0.25, 0.3) is 0 Å². The van der Waals surface area contributed by atoms with Gasteiger partial charge in [0.15, 0.2) is 0 Å². The molecule has 1 unspecified atom stereocenters. The summed E-state index contributed by atoms with van der Waals surface area (Å²) in [5, 5.41) is 12.9. The van der Waals surface area contributed by atoms with Gasteiger partial charge in [-0.15, -0.1) is 10.2 Å². The number of aromatic nitrogens is 4. The number of benzene rings is 1. The van der Waals surface area contributed by atoms with Crippen LogP contribution in [-0.4, -0.2) is 60.4 Å². The highest BCUT2D eigenvalue weighted by Crippen LogP contribution is 2.30. The number of methoxy groups -OCH3 is 1. The van der Waals surface area contributed by atoms with Crippen LogP contribution in [0, 0.1) is 5.92 Å². The smallest absolute Gasteiger partial charge is 0.200 e. The monoisotopic (exact) mass is 401 g/mol. The summed E-state index contributed by atoms with van der Waals surface area (Å²) >= 11 is 0. The molecular formula is C19H23N5O3S. The van der Waals surface area contributed by atoms with Gasteiger partial charge in [-0.1, -0.05) is 0 Å². The van der Waals surface area contributed by atoms with E-state index < -0.39 is 9.84 Å². The third kappa shape index (κ3) is 3.94. The molecule has 1 aliphatic heterocycles. The molecule has 28 heavy (non-hydrogen) atoms. The van der Waals surface area contributed by atoms with Crippen molar-refractivity contribution in [2.75, 3.05) is 37.1 Å². The number of piperidine rings is 1. The molecule has 1 fully saturated rings. The lowest BCUT2D eigenvalue weighted by molar-refractivity contribution is 0.415. The Kier molecular flexibility index (Phi) is 4.92. The predicted molar refractivity (Wildman–Crippen MR) is 107 cm³/mol. The lowest BCUT2D eigenvalue weighted by atomic mass is 9.99. The summed E-state index contributed by atoms with van der Waals surface area (Å²) in [4.78, 5) is 2.21. The topological polar surface area (TPSA) is 89.7 Å². The molecule has 1 saturated heterocycles. The number of ether oxygens (including phenoxy) is 1. The van der Waals surface area contributed by atoms with E-state index in [0.29, 0.717) is 12.2 Å². The highest BCUT2D eigenvalue weighted by atomic mass is 32.2. The minimum Gasteiger partial charge on any atom is -0.497 e. The molecule has 0 aliphatic carbocycles. The Morgan fingerprint density at radius 2 is 2.04 bits per heavy atom. The van der Waals surface area contributed by atoms with Crippen molar-refractivity contribution in [3.8, 4) is 17.0 Å². The van der Waals surface area contributed by atoms with Crippen molar-refractivity contribution in [3.05, 3.63) is 36.7 Å². The summed E-state index contributed by atoms with van der Waals surface area (Å²) in [6.45, 7) is 1.54. The molecule has 0 spiro atoms. The minimum atomic E-state index is -3.00. The Bertz CT molecular complexity index is 1080. The highest BCUT2D eigenvalue weighted by Gasteiger charge is 2.25. The van der Waals surface area contributed by atoms with Crippen molar-refractivity contribution in [1.29, 1.82) is 0 Å². The van der Waals surface area contributed by atoms with E-state index in [-0.39, 0.29) is 11.7 Å². The van der Waals surface area contributed by atoms with Gasteiger partial charge in [-0.3, -0.25) is 0 Å². The summed E-state index contributed by atoms with van der Waals surface area (Å²) in [7, 11) is -1.37. The molecule has 1 aliphatic rings. The second kappa shape index (κ2) is 7.38. The SMILES string of the molecule is COc1ccc(-c2cc(N3CCCC(CS(C)(=O)=O)C3)c3nncn3n2)cc1. The first kappa shape index (κ1) is 18.7. The van der Waals surface area contributed by atoms with E-state index in [9.17, 15) is 8.42 Å². The van der Waals surface area contributed by atoms with Crippen LogP contribution in [0.2, 0.25) is 0 Å². The average Bonchev–Trinajstić information content (AvgIpc) is 3.15. The van der Waals surface area contributed by atoms with Crippen molar-refractivity contribution in [3.63, 3.8) is 0 Å². The van der Waals surface area contributed by atoms with Crippen molar-refractivity contribution < 1.29 is 13.2 Å². The Labute approximate surface area is 164 Å². The van der Waals surface area contributed by atoms with E-state index in [0.717, 1.165) is 42.1 Å². The second-order valence-corrected chi connectivity index (χ2v) is 9.47. The molecule has 3 heterocycles. The van der Waals surface area contributed by atoms with Crippen LogP contribution in [0.1, 0.15) is 12.8 Å². The lowest BCUT2D eigenvalue weighted by Crippen LogP contribution is -2.38. The number of sulfone groups is 1. The van der Waals surface area contributed by atoms with Gasteiger partial charge < -0.3 is 9.64 Å². The molecule has 2 aromatic heterocycles. The highest BCUT2D eigenvalue weighted by molar-refractivity contribution is 7.90. The quantitative estimate of drug-likeness (QED) is 0.646. The van der Waals surface area contributed by atoms with Gasteiger partial charge in [0.05, 0.1) is 24.2 Å². The van der Waals surface area contributed by atoms with Crippen molar-refractivity contribution in [2.24, 2.45) is 5.92 Å². The molecule has 0 amide bonds. The van der Waals surface area contributed by atoms with Crippen LogP contribution in [0.5, 0.6) is 5.75 Å². The summed E-state index contributed by atoms with van der Waals surface area (Å²) in [5.41, 5.74) is 3.37.